The summed E-state index contributed by atoms with van der Waals surface area (Å²) in [5, 5.41) is 20.8. The second-order valence-corrected chi connectivity index (χ2v) is 6.52. The summed E-state index contributed by atoms with van der Waals surface area (Å²) in [4.78, 5) is 2.27. The molecule has 2 aliphatic heterocycles. The van der Waals surface area contributed by atoms with Crippen LogP contribution in [-0.4, -0.2) is 36.4 Å². The number of hydrogen-bond donors (Lipinski definition) is 2. The van der Waals surface area contributed by atoms with Gasteiger partial charge in [0, 0.05) is 17.6 Å². The number of benzene rings is 2. The third kappa shape index (κ3) is 1.97. The number of hydrogen-bond acceptors (Lipinski definition) is 5. The summed E-state index contributed by atoms with van der Waals surface area (Å²) >= 11 is 0. The number of likely N-dealkylation sites (N-methyl/N-ethyl adjacent to an activating group) is 1. The molecule has 126 valence electrons. The van der Waals surface area contributed by atoms with Gasteiger partial charge < -0.3 is 19.7 Å². The second kappa shape index (κ2) is 5.31. The van der Waals surface area contributed by atoms with Crippen molar-refractivity contribution >= 4 is 0 Å². The lowest BCUT2D eigenvalue weighted by molar-refractivity contribution is 0.134. The largest absolute Gasteiger partial charge is 0.504 e. The van der Waals surface area contributed by atoms with Crippen LogP contribution in [0.2, 0.25) is 0 Å². The van der Waals surface area contributed by atoms with Gasteiger partial charge in [-0.1, -0.05) is 6.07 Å². The quantitative estimate of drug-likeness (QED) is 0.888. The maximum atomic E-state index is 10.6. The summed E-state index contributed by atoms with van der Waals surface area (Å²) < 4.78 is 10.5. The van der Waals surface area contributed by atoms with E-state index in [2.05, 4.69) is 11.9 Å². The number of ether oxygens (including phenoxy) is 2. The molecule has 2 N–H and O–H groups in total. The zero-order valence-corrected chi connectivity index (χ0v) is 14.0. The zero-order chi connectivity index (χ0) is 17.0. The maximum Gasteiger partial charge on any atom is 0.162 e. The van der Waals surface area contributed by atoms with E-state index in [-0.39, 0.29) is 23.6 Å². The minimum atomic E-state index is 0.0793. The van der Waals surface area contributed by atoms with E-state index in [0.29, 0.717) is 11.5 Å². The Bertz CT molecular complexity index is 817. The van der Waals surface area contributed by atoms with Crippen LogP contribution in [0.4, 0.5) is 0 Å². The molecular weight excluding hydrogens is 306 g/mol. The standard InChI is InChI=1S/C19H21NO4/c1-20-13-6-10-4-5-16(23-2)19(22)18(10)14(20)7-11-8-17(24-3)15(21)9-12(11)13/h4-5,8-9,13-14,21-22H,6-7H2,1-3H3/t13-,14+/m1/s1. The molecule has 2 atom stereocenters. The summed E-state index contributed by atoms with van der Waals surface area (Å²) in [6.07, 6.45) is 1.55. The highest BCUT2D eigenvalue weighted by Crippen LogP contribution is 2.52. The Morgan fingerprint density at radius 2 is 1.67 bits per heavy atom. The molecule has 2 bridgehead atoms. The van der Waals surface area contributed by atoms with Crippen molar-refractivity contribution in [1.29, 1.82) is 0 Å². The van der Waals surface area contributed by atoms with Gasteiger partial charge in [-0.25, -0.2) is 0 Å². The van der Waals surface area contributed by atoms with E-state index in [1.54, 1.807) is 14.2 Å². The van der Waals surface area contributed by atoms with Gasteiger partial charge in [-0.05, 0) is 54.8 Å². The average Bonchev–Trinajstić information content (AvgIpc) is 2.56. The highest BCUT2D eigenvalue weighted by atomic mass is 16.5. The molecule has 0 amide bonds. The number of fused-ring (bicyclic) bond motifs is 6. The number of nitrogens with zero attached hydrogens (tertiary/aromatic N) is 1. The third-order valence-corrected chi connectivity index (χ3v) is 5.43. The van der Waals surface area contributed by atoms with Crippen molar-refractivity contribution in [2.75, 3.05) is 21.3 Å². The van der Waals surface area contributed by atoms with Gasteiger partial charge in [0.15, 0.2) is 23.0 Å². The van der Waals surface area contributed by atoms with Gasteiger partial charge in [-0.3, -0.25) is 4.90 Å². The highest BCUT2D eigenvalue weighted by molar-refractivity contribution is 5.57. The van der Waals surface area contributed by atoms with E-state index < -0.39 is 0 Å². The summed E-state index contributed by atoms with van der Waals surface area (Å²) in [6, 6.07) is 7.85. The molecule has 0 radical (unpaired) electrons. The number of phenols is 2. The molecule has 2 aliphatic rings. The van der Waals surface area contributed by atoms with Crippen molar-refractivity contribution in [3.63, 3.8) is 0 Å². The first kappa shape index (κ1) is 15.1. The van der Waals surface area contributed by atoms with Crippen LogP contribution >= 0.6 is 0 Å². The molecule has 2 heterocycles. The minimum Gasteiger partial charge on any atom is -0.504 e. The van der Waals surface area contributed by atoms with Crippen molar-refractivity contribution in [2.24, 2.45) is 0 Å². The van der Waals surface area contributed by atoms with Crippen molar-refractivity contribution in [1.82, 2.24) is 4.90 Å². The Kier molecular flexibility index (Phi) is 3.35. The summed E-state index contributed by atoms with van der Waals surface area (Å²) in [6.45, 7) is 0. The van der Waals surface area contributed by atoms with Gasteiger partial charge in [0.05, 0.1) is 14.2 Å². The summed E-state index contributed by atoms with van der Waals surface area (Å²) in [7, 11) is 5.20. The predicted octanol–water partition coefficient (Wildman–Crippen LogP) is 2.94. The van der Waals surface area contributed by atoms with E-state index in [1.165, 1.54) is 0 Å². The number of methoxy groups -OCH3 is 2. The van der Waals surface area contributed by atoms with E-state index in [4.69, 9.17) is 9.47 Å². The molecule has 2 aromatic rings. The molecule has 0 fully saturated rings. The summed E-state index contributed by atoms with van der Waals surface area (Å²) in [5.41, 5.74) is 4.38. The van der Waals surface area contributed by atoms with Crippen LogP contribution in [-0.2, 0) is 12.8 Å². The average molecular weight is 327 g/mol. The lowest BCUT2D eigenvalue weighted by atomic mass is 9.76. The monoisotopic (exact) mass is 327 g/mol. The lowest BCUT2D eigenvalue weighted by Crippen LogP contribution is -2.40. The Hall–Kier alpha value is -2.40. The third-order valence-electron chi connectivity index (χ3n) is 5.43. The zero-order valence-electron chi connectivity index (χ0n) is 14.0. The Labute approximate surface area is 141 Å². The van der Waals surface area contributed by atoms with Crippen LogP contribution in [0.1, 0.15) is 34.3 Å². The van der Waals surface area contributed by atoms with E-state index in [9.17, 15) is 10.2 Å². The minimum absolute atomic E-state index is 0.0793. The SMILES string of the molecule is COc1cc2c(cc1O)[C@H]1Cc3ccc(OC)c(O)c3[C@H](C2)N1C. The van der Waals surface area contributed by atoms with Crippen molar-refractivity contribution in [3.05, 3.63) is 46.5 Å². The topological polar surface area (TPSA) is 62.2 Å². The lowest BCUT2D eigenvalue weighted by Gasteiger charge is -2.46. The number of aromatic hydroxyl groups is 2. The van der Waals surface area contributed by atoms with Crippen LogP contribution in [0.15, 0.2) is 24.3 Å². The molecule has 0 unspecified atom stereocenters. The summed E-state index contributed by atoms with van der Waals surface area (Å²) in [5.74, 6) is 1.41. The molecule has 24 heavy (non-hydrogen) atoms. The van der Waals surface area contributed by atoms with Crippen molar-refractivity contribution in [3.8, 4) is 23.0 Å². The Morgan fingerprint density at radius 1 is 0.958 bits per heavy atom. The fourth-order valence-corrected chi connectivity index (χ4v) is 4.18. The fraction of sp³-hybridized carbons (Fsp3) is 0.368. The first-order valence-electron chi connectivity index (χ1n) is 8.05. The number of phenolic OH excluding ortho intramolecular Hbond substituents is 2. The highest BCUT2D eigenvalue weighted by Gasteiger charge is 2.40. The molecule has 0 saturated heterocycles. The van der Waals surface area contributed by atoms with Crippen molar-refractivity contribution < 1.29 is 19.7 Å². The smallest absolute Gasteiger partial charge is 0.162 e. The van der Waals surface area contributed by atoms with E-state index >= 15 is 0 Å². The molecule has 4 rings (SSSR count). The van der Waals surface area contributed by atoms with Crippen molar-refractivity contribution in [2.45, 2.75) is 24.9 Å². The normalized spacial score (nSPS) is 21.8. The van der Waals surface area contributed by atoms with Crippen LogP contribution in [0.5, 0.6) is 23.0 Å². The van der Waals surface area contributed by atoms with Crippen LogP contribution < -0.4 is 9.47 Å². The van der Waals surface area contributed by atoms with Gasteiger partial charge in [0.2, 0.25) is 0 Å². The molecular formula is C19H21NO4. The maximum absolute atomic E-state index is 10.6. The van der Waals surface area contributed by atoms with Gasteiger partial charge in [0.1, 0.15) is 0 Å². The van der Waals surface area contributed by atoms with E-state index in [0.717, 1.165) is 35.1 Å². The molecule has 0 aromatic heterocycles. The first-order chi connectivity index (χ1) is 11.5. The fourth-order valence-electron chi connectivity index (χ4n) is 4.18. The Morgan fingerprint density at radius 3 is 2.38 bits per heavy atom. The van der Waals surface area contributed by atoms with Gasteiger partial charge in [-0.2, -0.15) is 0 Å². The van der Waals surface area contributed by atoms with Gasteiger partial charge in [-0.15, -0.1) is 0 Å². The molecule has 0 saturated carbocycles. The van der Waals surface area contributed by atoms with Crippen LogP contribution in [0.25, 0.3) is 0 Å². The number of rotatable bonds is 2. The molecule has 5 nitrogen and oxygen atoms in total. The van der Waals surface area contributed by atoms with Gasteiger partial charge in [0.25, 0.3) is 0 Å². The van der Waals surface area contributed by atoms with Gasteiger partial charge >= 0.3 is 0 Å². The molecule has 5 heteroatoms. The Balaban J connectivity index is 1.87. The molecule has 0 aliphatic carbocycles. The van der Waals surface area contributed by atoms with Crippen LogP contribution in [0, 0.1) is 0 Å². The van der Waals surface area contributed by atoms with Crippen LogP contribution in [0.3, 0.4) is 0 Å². The van der Waals surface area contributed by atoms with E-state index in [1.807, 2.05) is 24.3 Å². The first-order valence-corrected chi connectivity index (χ1v) is 8.05. The molecule has 0 spiro atoms. The molecule has 2 aromatic carbocycles. The second-order valence-electron chi connectivity index (χ2n) is 6.52. The predicted molar refractivity (Wildman–Crippen MR) is 90.0 cm³/mol.